The van der Waals surface area contributed by atoms with Crippen molar-refractivity contribution in [3.63, 3.8) is 0 Å². The molecule has 1 aliphatic carbocycles. The number of ether oxygens (including phenoxy) is 1. The molecule has 2 heterocycles. The number of phenols is 1. The quantitative estimate of drug-likeness (QED) is 0.778. The molecule has 5 rings (SSSR count). The number of hydrogen-bond acceptors (Lipinski definition) is 4. The topological polar surface area (TPSA) is 87.1 Å². The zero-order valence-corrected chi connectivity index (χ0v) is 17.4. The van der Waals surface area contributed by atoms with Gasteiger partial charge in [0.2, 0.25) is 0 Å². The normalized spacial score (nSPS) is 24.3. The maximum absolute atomic E-state index is 12.6. The van der Waals surface area contributed by atoms with Crippen molar-refractivity contribution in [1.29, 1.82) is 0 Å². The number of hydrogen-bond donors (Lipinski definition) is 2. The van der Waals surface area contributed by atoms with E-state index >= 15 is 0 Å². The SMILES string of the molecule is O=C(O)c1ccc(-c2ccc([C@H]3CC34CCN(C(=O)[C@H]3CCCO3)CC4)cc2)cc1O. The number of benzene rings is 2. The summed E-state index contributed by atoms with van der Waals surface area (Å²) < 4.78 is 5.56. The molecule has 6 nitrogen and oxygen atoms in total. The van der Waals surface area contributed by atoms with E-state index < -0.39 is 5.97 Å². The van der Waals surface area contributed by atoms with Crippen molar-refractivity contribution < 1.29 is 24.5 Å². The van der Waals surface area contributed by atoms with E-state index in [2.05, 4.69) is 12.1 Å². The van der Waals surface area contributed by atoms with E-state index in [-0.39, 0.29) is 23.3 Å². The Morgan fingerprint density at radius 3 is 2.35 bits per heavy atom. The van der Waals surface area contributed by atoms with Gasteiger partial charge in [-0.3, -0.25) is 4.79 Å². The molecule has 2 aromatic carbocycles. The minimum atomic E-state index is -1.14. The third-order valence-electron chi connectivity index (χ3n) is 7.34. The zero-order chi connectivity index (χ0) is 21.6. The molecule has 3 fully saturated rings. The number of carbonyl (C=O) groups is 2. The van der Waals surface area contributed by atoms with E-state index in [0.29, 0.717) is 17.9 Å². The Bertz CT molecular complexity index is 1000. The van der Waals surface area contributed by atoms with Crippen LogP contribution in [0.15, 0.2) is 42.5 Å². The average molecular weight is 421 g/mol. The molecular formula is C25H27NO5. The van der Waals surface area contributed by atoms with Gasteiger partial charge in [-0.05, 0) is 72.3 Å². The van der Waals surface area contributed by atoms with Crippen molar-refractivity contribution in [2.45, 2.75) is 44.1 Å². The molecule has 1 saturated carbocycles. The van der Waals surface area contributed by atoms with Gasteiger partial charge >= 0.3 is 5.97 Å². The van der Waals surface area contributed by atoms with Gasteiger partial charge in [-0.15, -0.1) is 0 Å². The van der Waals surface area contributed by atoms with E-state index in [4.69, 9.17) is 9.84 Å². The van der Waals surface area contributed by atoms with E-state index in [1.165, 1.54) is 24.1 Å². The van der Waals surface area contributed by atoms with Crippen LogP contribution in [0.25, 0.3) is 11.1 Å². The second-order valence-electron chi connectivity index (χ2n) is 9.11. The first-order valence-electron chi connectivity index (χ1n) is 11.0. The molecule has 0 unspecified atom stereocenters. The molecule has 0 aromatic heterocycles. The summed E-state index contributed by atoms with van der Waals surface area (Å²) in [6.45, 7) is 2.35. The molecule has 2 aromatic rings. The standard InChI is InChI=1S/C25H27NO5/c27-21-14-18(7-8-19(21)24(29)30)16-3-5-17(6-4-16)20-15-25(20)9-11-26(12-10-25)23(28)22-2-1-13-31-22/h3-8,14,20,22,27H,1-2,9-13,15H2,(H,29,30)/t20-,22-/m1/s1. The molecule has 6 heteroatoms. The summed E-state index contributed by atoms with van der Waals surface area (Å²) in [7, 11) is 0. The summed E-state index contributed by atoms with van der Waals surface area (Å²) in [4.78, 5) is 25.7. The van der Waals surface area contributed by atoms with Crippen LogP contribution in [-0.4, -0.2) is 52.8 Å². The number of aromatic hydroxyl groups is 1. The Morgan fingerprint density at radius 1 is 1.03 bits per heavy atom. The largest absolute Gasteiger partial charge is 0.507 e. The summed E-state index contributed by atoms with van der Waals surface area (Å²) >= 11 is 0. The van der Waals surface area contributed by atoms with Crippen molar-refractivity contribution in [3.05, 3.63) is 53.6 Å². The second kappa shape index (κ2) is 7.68. The van der Waals surface area contributed by atoms with Crippen LogP contribution in [0.1, 0.15) is 53.9 Å². The van der Waals surface area contributed by atoms with Gasteiger partial charge in [0.1, 0.15) is 17.4 Å². The number of piperidine rings is 1. The molecule has 0 bridgehead atoms. The zero-order valence-electron chi connectivity index (χ0n) is 17.4. The molecule has 3 aliphatic rings. The van der Waals surface area contributed by atoms with Crippen molar-refractivity contribution in [2.75, 3.05) is 19.7 Å². The predicted octanol–water partition coefficient (Wildman–Crippen LogP) is 4.03. The fraction of sp³-hybridized carbons (Fsp3) is 0.440. The van der Waals surface area contributed by atoms with Gasteiger partial charge in [0.25, 0.3) is 5.91 Å². The van der Waals surface area contributed by atoms with Crippen molar-refractivity contribution in [2.24, 2.45) is 5.41 Å². The summed E-state index contributed by atoms with van der Waals surface area (Å²) in [5.74, 6) is -0.656. The molecule has 1 spiro atoms. The summed E-state index contributed by atoms with van der Waals surface area (Å²) in [5, 5.41) is 19.0. The number of likely N-dealkylation sites (tertiary alicyclic amines) is 1. The first kappa shape index (κ1) is 20.1. The third kappa shape index (κ3) is 3.69. The Morgan fingerprint density at radius 2 is 1.74 bits per heavy atom. The lowest BCUT2D eigenvalue weighted by Gasteiger charge is -2.34. The number of nitrogens with zero attached hydrogens (tertiary/aromatic N) is 1. The first-order valence-corrected chi connectivity index (χ1v) is 11.0. The lowest BCUT2D eigenvalue weighted by atomic mass is 9.88. The summed E-state index contributed by atoms with van der Waals surface area (Å²) in [5.41, 5.74) is 3.28. The van der Waals surface area contributed by atoms with Gasteiger partial charge in [-0.2, -0.15) is 0 Å². The number of rotatable bonds is 4. The summed E-state index contributed by atoms with van der Waals surface area (Å²) in [6.07, 6.45) is 4.87. The highest BCUT2D eigenvalue weighted by Gasteiger charge is 2.55. The van der Waals surface area contributed by atoms with Crippen LogP contribution < -0.4 is 0 Å². The minimum Gasteiger partial charge on any atom is -0.507 e. The highest BCUT2D eigenvalue weighted by Crippen LogP contribution is 2.65. The van der Waals surface area contributed by atoms with Gasteiger partial charge in [-0.25, -0.2) is 4.79 Å². The van der Waals surface area contributed by atoms with Crippen molar-refractivity contribution in [1.82, 2.24) is 4.90 Å². The molecule has 2 aliphatic heterocycles. The third-order valence-corrected chi connectivity index (χ3v) is 7.34. The minimum absolute atomic E-state index is 0.0930. The molecule has 2 N–H and O–H groups in total. The Hall–Kier alpha value is -2.86. The van der Waals surface area contributed by atoms with Gasteiger partial charge in [0.05, 0.1) is 0 Å². The number of amides is 1. The molecular weight excluding hydrogens is 394 g/mol. The fourth-order valence-corrected chi connectivity index (χ4v) is 5.32. The van der Waals surface area contributed by atoms with E-state index in [1.54, 1.807) is 6.07 Å². The van der Waals surface area contributed by atoms with Gasteiger partial charge < -0.3 is 19.8 Å². The molecule has 2 saturated heterocycles. The maximum atomic E-state index is 12.6. The van der Waals surface area contributed by atoms with Crippen molar-refractivity contribution in [3.8, 4) is 16.9 Å². The Labute approximate surface area is 181 Å². The highest BCUT2D eigenvalue weighted by atomic mass is 16.5. The Balaban J connectivity index is 1.22. The van der Waals surface area contributed by atoms with Gasteiger partial charge in [0, 0.05) is 19.7 Å². The maximum Gasteiger partial charge on any atom is 0.339 e. The Kier molecular flexibility index (Phi) is 4.97. The van der Waals surface area contributed by atoms with Crippen LogP contribution >= 0.6 is 0 Å². The van der Waals surface area contributed by atoms with Crippen LogP contribution in [0.5, 0.6) is 5.75 Å². The molecule has 1 amide bonds. The second-order valence-corrected chi connectivity index (χ2v) is 9.11. The fourth-order valence-electron chi connectivity index (χ4n) is 5.32. The highest BCUT2D eigenvalue weighted by molar-refractivity contribution is 5.91. The van der Waals surface area contributed by atoms with E-state index in [0.717, 1.165) is 49.9 Å². The lowest BCUT2D eigenvalue weighted by molar-refractivity contribution is -0.142. The van der Waals surface area contributed by atoms with Crippen LogP contribution in [0, 0.1) is 5.41 Å². The number of carboxylic acids is 1. The molecule has 0 radical (unpaired) electrons. The van der Waals surface area contributed by atoms with Crippen LogP contribution in [-0.2, 0) is 9.53 Å². The van der Waals surface area contributed by atoms with Crippen molar-refractivity contribution >= 4 is 11.9 Å². The molecule has 162 valence electrons. The smallest absolute Gasteiger partial charge is 0.339 e. The lowest BCUT2D eigenvalue weighted by Crippen LogP contribution is -2.44. The number of carbonyl (C=O) groups excluding carboxylic acids is 1. The predicted molar refractivity (Wildman–Crippen MR) is 115 cm³/mol. The van der Waals surface area contributed by atoms with Gasteiger partial charge in [-0.1, -0.05) is 30.3 Å². The van der Waals surface area contributed by atoms with Crippen LogP contribution in [0.4, 0.5) is 0 Å². The van der Waals surface area contributed by atoms with Crippen LogP contribution in [0.2, 0.25) is 0 Å². The summed E-state index contributed by atoms with van der Waals surface area (Å²) in [6, 6.07) is 13.0. The van der Waals surface area contributed by atoms with Crippen LogP contribution in [0.3, 0.4) is 0 Å². The van der Waals surface area contributed by atoms with Gasteiger partial charge in [0.15, 0.2) is 0 Å². The first-order chi connectivity index (χ1) is 15.0. The monoisotopic (exact) mass is 421 g/mol. The number of carboxylic acid groups (broad SMARTS) is 1. The van der Waals surface area contributed by atoms with E-state index in [1.807, 2.05) is 17.0 Å². The average Bonchev–Trinajstić information content (AvgIpc) is 3.20. The number of aromatic carboxylic acids is 1. The van der Waals surface area contributed by atoms with E-state index in [9.17, 15) is 14.7 Å². The molecule has 31 heavy (non-hydrogen) atoms. The molecule has 2 atom stereocenters.